The van der Waals surface area contributed by atoms with E-state index in [1.54, 1.807) is 4.90 Å². The van der Waals surface area contributed by atoms with Gasteiger partial charge in [-0.1, -0.05) is 44.2 Å². The Balaban J connectivity index is 1.69. The second-order valence-electron chi connectivity index (χ2n) is 10.0. The monoisotopic (exact) mass is 454 g/mol. The summed E-state index contributed by atoms with van der Waals surface area (Å²) in [5.74, 6) is 0.571. The minimum atomic E-state index is -0.163. The van der Waals surface area contributed by atoms with Crippen molar-refractivity contribution < 1.29 is 19.4 Å². The molecule has 180 valence electrons. The third kappa shape index (κ3) is 5.26. The van der Waals surface area contributed by atoms with Crippen molar-refractivity contribution in [3.8, 4) is 5.75 Å². The highest BCUT2D eigenvalue weighted by molar-refractivity contribution is 6.35. The quantitative estimate of drug-likeness (QED) is 0.647. The molecule has 1 atom stereocenters. The Kier molecular flexibility index (Phi) is 7.74. The minimum Gasteiger partial charge on any atom is -0.491 e. The number of aliphatic hydroxyl groups is 1. The van der Waals surface area contributed by atoms with E-state index < -0.39 is 0 Å². The van der Waals surface area contributed by atoms with Crippen LogP contribution in [-0.4, -0.2) is 58.6 Å². The van der Waals surface area contributed by atoms with Gasteiger partial charge in [0.2, 0.25) is 0 Å². The van der Waals surface area contributed by atoms with Crippen molar-refractivity contribution in [2.24, 2.45) is 5.92 Å². The topological polar surface area (TPSA) is 70.1 Å². The summed E-state index contributed by atoms with van der Waals surface area (Å²) in [5, 5.41) is 9.75. The number of carbonyl (C=O) groups is 2. The molecule has 4 rings (SSSR count). The van der Waals surface area contributed by atoms with Gasteiger partial charge in [-0.2, -0.15) is 0 Å². The van der Waals surface area contributed by atoms with Crippen LogP contribution in [0.5, 0.6) is 5.75 Å². The largest absolute Gasteiger partial charge is 0.491 e. The fourth-order valence-electron chi connectivity index (χ4n) is 5.50. The van der Waals surface area contributed by atoms with Gasteiger partial charge in [-0.05, 0) is 63.1 Å². The minimum absolute atomic E-state index is 0.0280. The molecule has 33 heavy (non-hydrogen) atoms. The molecule has 1 aromatic carbocycles. The molecule has 0 radical (unpaired) electrons. The van der Waals surface area contributed by atoms with Crippen LogP contribution in [0.4, 0.5) is 0 Å². The van der Waals surface area contributed by atoms with Crippen LogP contribution in [0.2, 0.25) is 0 Å². The number of likely N-dealkylation sites (tertiary alicyclic amines) is 1. The molecule has 1 N–H and O–H groups in total. The zero-order valence-electron chi connectivity index (χ0n) is 20.1. The van der Waals surface area contributed by atoms with Crippen LogP contribution < -0.4 is 4.74 Å². The normalized spacial score (nSPS) is 23.3. The summed E-state index contributed by atoms with van der Waals surface area (Å²) in [6, 6.07) is 7.52. The first-order valence-corrected chi connectivity index (χ1v) is 12.7. The molecule has 0 bridgehead atoms. The van der Waals surface area contributed by atoms with Crippen LogP contribution in [-0.2, 0) is 9.59 Å². The van der Waals surface area contributed by atoms with Gasteiger partial charge < -0.3 is 14.7 Å². The highest BCUT2D eigenvalue weighted by Gasteiger charge is 2.45. The zero-order chi connectivity index (χ0) is 23.4. The smallest absolute Gasteiger partial charge is 0.278 e. The van der Waals surface area contributed by atoms with E-state index >= 15 is 0 Å². The van der Waals surface area contributed by atoms with E-state index in [2.05, 4.69) is 4.90 Å². The predicted octanol–water partition coefficient (Wildman–Crippen LogP) is 4.37. The van der Waals surface area contributed by atoms with Crippen LogP contribution in [0.1, 0.15) is 77.2 Å². The zero-order valence-corrected chi connectivity index (χ0v) is 20.1. The van der Waals surface area contributed by atoms with Crippen LogP contribution in [0, 0.1) is 5.92 Å². The molecule has 6 nitrogen and oxygen atoms in total. The van der Waals surface area contributed by atoms with Crippen LogP contribution in [0.25, 0.3) is 5.57 Å². The molecule has 2 amide bonds. The highest BCUT2D eigenvalue weighted by atomic mass is 16.5. The molecule has 1 saturated carbocycles. The Labute approximate surface area is 197 Å². The summed E-state index contributed by atoms with van der Waals surface area (Å²) < 4.78 is 5.78. The number of carbonyl (C=O) groups excluding carboxylic acids is 2. The first-order chi connectivity index (χ1) is 16.0. The standard InChI is InChI=1S/C27H38N2O4/c1-19(2)33-23-14-12-21(13-15-23)24-25(28-16-8-9-20(17-28)18-30)27(32)29(26(24)31)22-10-6-4-3-5-7-11-22/h12-15,19-20,22,30H,3-11,16-18H2,1-2H3. The maximum absolute atomic E-state index is 13.8. The molecular formula is C27H38N2O4. The van der Waals surface area contributed by atoms with Gasteiger partial charge in [0.25, 0.3) is 11.8 Å². The first kappa shape index (κ1) is 23.8. The van der Waals surface area contributed by atoms with Crippen molar-refractivity contribution in [1.29, 1.82) is 0 Å². The van der Waals surface area contributed by atoms with Crippen molar-refractivity contribution in [3.63, 3.8) is 0 Å². The summed E-state index contributed by atoms with van der Waals surface area (Å²) in [4.78, 5) is 31.3. The van der Waals surface area contributed by atoms with Crippen LogP contribution >= 0.6 is 0 Å². The van der Waals surface area contributed by atoms with Gasteiger partial charge in [0.05, 0.1) is 11.7 Å². The van der Waals surface area contributed by atoms with Crippen LogP contribution in [0.3, 0.4) is 0 Å². The Bertz CT molecular complexity index is 869. The van der Waals surface area contributed by atoms with Crippen molar-refractivity contribution >= 4 is 17.4 Å². The predicted molar refractivity (Wildman–Crippen MR) is 128 cm³/mol. The summed E-state index contributed by atoms with van der Waals surface area (Å²) in [5.41, 5.74) is 1.80. The lowest BCUT2D eigenvalue weighted by Gasteiger charge is -2.35. The molecule has 1 aliphatic carbocycles. The number of benzene rings is 1. The fourth-order valence-corrected chi connectivity index (χ4v) is 5.50. The number of hydrogen-bond acceptors (Lipinski definition) is 5. The van der Waals surface area contributed by atoms with Crippen molar-refractivity contribution in [2.75, 3.05) is 19.7 Å². The SMILES string of the molecule is CC(C)Oc1ccc(C2=C(N3CCCC(CO)C3)C(=O)N(C3CCCCCCC3)C2=O)cc1. The van der Waals surface area contributed by atoms with Gasteiger partial charge in [-0.3, -0.25) is 14.5 Å². The number of amides is 2. The van der Waals surface area contributed by atoms with Gasteiger partial charge >= 0.3 is 0 Å². The molecule has 2 fully saturated rings. The number of aliphatic hydroxyl groups excluding tert-OH is 1. The number of hydrogen-bond donors (Lipinski definition) is 1. The van der Waals surface area contributed by atoms with Gasteiger partial charge in [-0.25, -0.2) is 0 Å². The van der Waals surface area contributed by atoms with Crippen molar-refractivity contribution in [1.82, 2.24) is 9.80 Å². The van der Waals surface area contributed by atoms with Crippen LogP contribution in [0.15, 0.2) is 30.0 Å². The Morgan fingerprint density at radius 1 is 0.939 bits per heavy atom. The summed E-state index contributed by atoms with van der Waals surface area (Å²) >= 11 is 0. The number of nitrogens with zero attached hydrogens (tertiary/aromatic N) is 2. The van der Waals surface area contributed by atoms with E-state index in [9.17, 15) is 14.7 Å². The number of piperidine rings is 1. The lowest BCUT2D eigenvalue weighted by atomic mass is 9.95. The maximum Gasteiger partial charge on any atom is 0.278 e. The van der Waals surface area contributed by atoms with E-state index in [-0.39, 0.29) is 36.5 Å². The van der Waals surface area contributed by atoms with Crippen molar-refractivity contribution in [3.05, 3.63) is 35.5 Å². The average Bonchev–Trinajstić information content (AvgIpc) is 3.04. The Morgan fingerprint density at radius 2 is 1.61 bits per heavy atom. The molecule has 0 aromatic heterocycles. The molecule has 0 spiro atoms. The lowest BCUT2D eigenvalue weighted by Crippen LogP contribution is -2.44. The Hall–Kier alpha value is -2.34. The maximum atomic E-state index is 13.8. The number of imide groups is 1. The third-order valence-electron chi connectivity index (χ3n) is 7.14. The van der Waals surface area contributed by atoms with Gasteiger partial charge in [0.1, 0.15) is 11.4 Å². The van der Waals surface area contributed by atoms with Gasteiger partial charge in [0.15, 0.2) is 0 Å². The number of ether oxygens (including phenoxy) is 1. The number of rotatable bonds is 6. The summed E-state index contributed by atoms with van der Waals surface area (Å²) in [7, 11) is 0. The summed E-state index contributed by atoms with van der Waals surface area (Å²) in [6.07, 6.45) is 9.40. The highest BCUT2D eigenvalue weighted by Crippen LogP contribution is 2.37. The molecule has 2 aliphatic heterocycles. The average molecular weight is 455 g/mol. The molecule has 1 aromatic rings. The van der Waals surface area contributed by atoms with Crippen molar-refractivity contribution in [2.45, 2.75) is 83.8 Å². The fraction of sp³-hybridized carbons (Fsp3) is 0.630. The summed E-state index contributed by atoms with van der Waals surface area (Å²) in [6.45, 7) is 5.42. The van der Waals surface area contributed by atoms with E-state index in [1.807, 2.05) is 38.1 Å². The molecule has 1 saturated heterocycles. The molecule has 1 unspecified atom stereocenters. The van der Waals surface area contributed by atoms with E-state index in [1.165, 1.54) is 19.3 Å². The van der Waals surface area contributed by atoms with E-state index in [0.717, 1.165) is 56.4 Å². The van der Waals surface area contributed by atoms with E-state index in [4.69, 9.17) is 4.74 Å². The lowest BCUT2D eigenvalue weighted by molar-refractivity contribution is -0.140. The molecule has 6 heteroatoms. The molecule has 2 heterocycles. The van der Waals surface area contributed by atoms with E-state index in [0.29, 0.717) is 17.8 Å². The molecule has 3 aliphatic rings. The second-order valence-corrected chi connectivity index (χ2v) is 10.0. The second kappa shape index (κ2) is 10.7. The van der Waals surface area contributed by atoms with Gasteiger partial charge in [-0.15, -0.1) is 0 Å². The molecular weight excluding hydrogens is 416 g/mol. The third-order valence-corrected chi connectivity index (χ3v) is 7.14. The van der Waals surface area contributed by atoms with Gasteiger partial charge in [0, 0.05) is 25.7 Å². The Morgan fingerprint density at radius 3 is 2.24 bits per heavy atom. The first-order valence-electron chi connectivity index (χ1n) is 12.7.